The minimum atomic E-state index is -0.138. The summed E-state index contributed by atoms with van der Waals surface area (Å²) in [6, 6.07) is 18.8. The molecule has 0 aliphatic rings. The molecule has 0 atom stereocenters. The first-order chi connectivity index (χ1) is 12.3. The van der Waals surface area contributed by atoms with Crippen LogP contribution in [-0.4, -0.2) is 26.4 Å². The summed E-state index contributed by atoms with van der Waals surface area (Å²) in [6.45, 7) is 0. The number of hydrogen-bond acceptors (Lipinski definition) is 5. The highest BCUT2D eigenvalue weighted by Gasteiger charge is 2.10. The zero-order valence-electron chi connectivity index (χ0n) is 13.3. The molecule has 7 heteroatoms. The van der Waals surface area contributed by atoms with Gasteiger partial charge in [-0.15, -0.1) is 10.2 Å². The molecule has 0 saturated heterocycles. The van der Waals surface area contributed by atoms with Crippen LogP contribution in [0.4, 0.5) is 5.69 Å². The number of para-hydroxylation sites is 2. The van der Waals surface area contributed by atoms with Gasteiger partial charge >= 0.3 is 0 Å². The molecular weight excluding hydrogens is 334 g/mol. The fourth-order valence-electron chi connectivity index (χ4n) is 2.23. The highest BCUT2D eigenvalue weighted by molar-refractivity contribution is 7.99. The van der Waals surface area contributed by atoms with Crippen LogP contribution in [0.15, 0.2) is 66.1 Å². The van der Waals surface area contributed by atoms with Crippen LogP contribution < -0.4 is 5.32 Å². The molecule has 1 amide bonds. The molecule has 1 aromatic heterocycles. The number of nitrogens with one attached hydrogen (secondary N) is 1. The van der Waals surface area contributed by atoms with Crippen LogP contribution in [0.2, 0.25) is 0 Å². The first-order valence-corrected chi connectivity index (χ1v) is 8.63. The summed E-state index contributed by atoms with van der Waals surface area (Å²) in [5.74, 6) is 0.424. The molecule has 0 saturated carbocycles. The Kier molecular flexibility index (Phi) is 5.44. The van der Waals surface area contributed by atoms with E-state index in [2.05, 4.69) is 21.6 Å². The number of carbonyl (C=O) groups is 1. The fourth-order valence-corrected chi connectivity index (χ4v) is 3.09. The SMILES string of the molecule is N#Cc1ccccc1NC(=O)CCSc1nncn1-c1ccccc1. The van der Waals surface area contributed by atoms with E-state index < -0.39 is 0 Å². The number of nitriles is 1. The predicted molar refractivity (Wildman–Crippen MR) is 96.5 cm³/mol. The normalized spacial score (nSPS) is 10.2. The number of hydrogen-bond donors (Lipinski definition) is 1. The highest BCUT2D eigenvalue weighted by atomic mass is 32.2. The van der Waals surface area contributed by atoms with Crippen molar-refractivity contribution in [2.75, 3.05) is 11.1 Å². The molecular formula is C18H15N5OS. The first-order valence-electron chi connectivity index (χ1n) is 7.65. The van der Waals surface area contributed by atoms with Crippen LogP contribution in [0.5, 0.6) is 0 Å². The molecule has 1 heterocycles. The van der Waals surface area contributed by atoms with Crippen molar-refractivity contribution in [1.29, 1.82) is 5.26 Å². The third kappa shape index (κ3) is 4.25. The summed E-state index contributed by atoms with van der Waals surface area (Å²) in [7, 11) is 0. The van der Waals surface area contributed by atoms with Crippen LogP contribution >= 0.6 is 11.8 Å². The quantitative estimate of drug-likeness (QED) is 0.691. The Bertz CT molecular complexity index is 901. The van der Waals surface area contributed by atoms with Crippen LogP contribution in [0.25, 0.3) is 5.69 Å². The van der Waals surface area contributed by atoms with Crippen LogP contribution in [0.3, 0.4) is 0 Å². The number of benzene rings is 2. The first kappa shape index (κ1) is 16.7. The molecule has 2 aromatic carbocycles. The number of nitrogens with zero attached hydrogens (tertiary/aromatic N) is 4. The van der Waals surface area contributed by atoms with E-state index in [-0.39, 0.29) is 5.91 Å². The third-order valence-corrected chi connectivity index (χ3v) is 4.38. The largest absolute Gasteiger partial charge is 0.325 e. The van der Waals surface area contributed by atoms with Crippen LogP contribution in [0, 0.1) is 11.3 Å². The maximum absolute atomic E-state index is 12.1. The van der Waals surface area contributed by atoms with E-state index in [1.807, 2.05) is 34.9 Å². The maximum atomic E-state index is 12.1. The molecule has 1 N–H and O–H groups in total. The molecule has 0 aliphatic carbocycles. The van der Waals surface area contributed by atoms with Crippen molar-refractivity contribution in [2.24, 2.45) is 0 Å². The average molecular weight is 349 g/mol. The van der Waals surface area contributed by atoms with Crippen molar-refractivity contribution in [3.05, 3.63) is 66.5 Å². The molecule has 124 valence electrons. The zero-order chi connectivity index (χ0) is 17.5. The Morgan fingerprint density at radius 2 is 1.92 bits per heavy atom. The van der Waals surface area contributed by atoms with E-state index in [1.165, 1.54) is 11.8 Å². The number of rotatable bonds is 6. The van der Waals surface area contributed by atoms with Crippen molar-refractivity contribution >= 4 is 23.4 Å². The van der Waals surface area contributed by atoms with E-state index in [4.69, 9.17) is 5.26 Å². The van der Waals surface area contributed by atoms with Crippen molar-refractivity contribution in [2.45, 2.75) is 11.6 Å². The summed E-state index contributed by atoms with van der Waals surface area (Å²) >= 11 is 1.46. The third-order valence-electron chi connectivity index (χ3n) is 3.43. The number of aromatic nitrogens is 3. The van der Waals surface area contributed by atoms with E-state index in [0.29, 0.717) is 23.4 Å². The minimum absolute atomic E-state index is 0.138. The smallest absolute Gasteiger partial charge is 0.225 e. The lowest BCUT2D eigenvalue weighted by atomic mass is 10.2. The van der Waals surface area contributed by atoms with Gasteiger partial charge in [0.15, 0.2) is 5.16 Å². The van der Waals surface area contributed by atoms with Gasteiger partial charge in [0.1, 0.15) is 12.4 Å². The van der Waals surface area contributed by atoms with Crippen LogP contribution in [-0.2, 0) is 4.79 Å². The van der Waals surface area contributed by atoms with E-state index in [1.54, 1.807) is 30.6 Å². The zero-order valence-corrected chi connectivity index (χ0v) is 14.1. The lowest BCUT2D eigenvalue weighted by Gasteiger charge is -2.07. The summed E-state index contributed by atoms with van der Waals surface area (Å²) in [6.07, 6.45) is 1.97. The van der Waals surface area contributed by atoms with Gasteiger partial charge in [-0.3, -0.25) is 9.36 Å². The molecule has 25 heavy (non-hydrogen) atoms. The van der Waals surface area contributed by atoms with Gasteiger partial charge in [0, 0.05) is 17.9 Å². The van der Waals surface area contributed by atoms with Gasteiger partial charge < -0.3 is 5.32 Å². The summed E-state index contributed by atoms with van der Waals surface area (Å²) < 4.78 is 1.88. The monoisotopic (exact) mass is 349 g/mol. The Hall–Kier alpha value is -3.11. The molecule has 6 nitrogen and oxygen atoms in total. The van der Waals surface area contributed by atoms with Crippen molar-refractivity contribution in [1.82, 2.24) is 14.8 Å². The van der Waals surface area contributed by atoms with Gasteiger partial charge in [0.2, 0.25) is 5.91 Å². The lowest BCUT2D eigenvalue weighted by molar-refractivity contribution is -0.115. The van der Waals surface area contributed by atoms with E-state index in [9.17, 15) is 4.79 Å². The molecule has 3 rings (SSSR count). The Balaban J connectivity index is 1.56. The standard InChI is InChI=1S/C18H15N5OS/c19-12-14-6-4-5-9-16(14)21-17(24)10-11-25-18-22-20-13-23(18)15-7-2-1-3-8-15/h1-9,13H,10-11H2,(H,21,24). The molecule has 0 fully saturated rings. The Morgan fingerprint density at radius 3 is 2.72 bits per heavy atom. The Morgan fingerprint density at radius 1 is 1.16 bits per heavy atom. The summed E-state index contributed by atoms with van der Waals surface area (Å²) in [5, 5.41) is 20.6. The van der Waals surface area contributed by atoms with Gasteiger partial charge in [-0.25, -0.2) is 0 Å². The van der Waals surface area contributed by atoms with Crippen molar-refractivity contribution in [3.8, 4) is 11.8 Å². The van der Waals surface area contributed by atoms with E-state index in [0.717, 1.165) is 10.8 Å². The van der Waals surface area contributed by atoms with Gasteiger partial charge in [-0.2, -0.15) is 5.26 Å². The van der Waals surface area contributed by atoms with Crippen LogP contribution in [0.1, 0.15) is 12.0 Å². The Labute approximate surface area is 149 Å². The number of thioether (sulfide) groups is 1. The fraction of sp³-hybridized carbons (Fsp3) is 0.111. The van der Waals surface area contributed by atoms with Gasteiger partial charge in [-0.1, -0.05) is 42.1 Å². The lowest BCUT2D eigenvalue weighted by Crippen LogP contribution is -2.13. The molecule has 3 aromatic rings. The second-order valence-electron chi connectivity index (χ2n) is 5.12. The topological polar surface area (TPSA) is 83.6 Å². The van der Waals surface area contributed by atoms with E-state index >= 15 is 0 Å². The number of carbonyl (C=O) groups excluding carboxylic acids is 1. The highest BCUT2D eigenvalue weighted by Crippen LogP contribution is 2.20. The average Bonchev–Trinajstić information content (AvgIpc) is 3.11. The maximum Gasteiger partial charge on any atom is 0.225 e. The second-order valence-corrected chi connectivity index (χ2v) is 6.19. The number of anilines is 1. The molecule has 0 spiro atoms. The summed E-state index contributed by atoms with van der Waals surface area (Å²) in [4.78, 5) is 12.1. The predicted octanol–water partition coefficient (Wildman–Crippen LogP) is 3.26. The van der Waals surface area contributed by atoms with Crippen molar-refractivity contribution < 1.29 is 4.79 Å². The van der Waals surface area contributed by atoms with Crippen molar-refractivity contribution in [3.63, 3.8) is 0 Å². The molecule has 0 aliphatic heterocycles. The number of amides is 1. The molecule has 0 radical (unpaired) electrons. The molecule has 0 unspecified atom stereocenters. The molecule has 0 bridgehead atoms. The van der Waals surface area contributed by atoms with Gasteiger partial charge in [0.25, 0.3) is 0 Å². The minimum Gasteiger partial charge on any atom is -0.325 e. The van der Waals surface area contributed by atoms with Gasteiger partial charge in [0.05, 0.1) is 11.3 Å². The summed E-state index contributed by atoms with van der Waals surface area (Å²) in [5.41, 5.74) is 1.96. The van der Waals surface area contributed by atoms with Gasteiger partial charge in [-0.05, 0) is 24.3 Å². The second kappa shape index (κ2) is 8.13.